The second-order valence-electron chi connectivity index (χ2n) is 8.42. The van der Waals surface area contributed by atoms with Crippen molar-refractivity contribution in [3.05, 3.63) is 79.4 Å². The van der Waals surface area contributed by atoms with Crippen LogP contribution in [0, 0.1) is 10.5 Å². The highest BCUT2D eigenvalue weighted by Crippen LogP contribution is 2.40. The van der Waals surface area contributed by atoms with Crippen LogP contribution < -0.4 is 29.2 Å². The van der Waals surface area contributed by atoms with E-state index in [1.807, 2.05) is 31.2 Å². The minimum Gasteiger partial charge on any atom is -0.495 e. The van der Waals surface area contributed by atoms with Crippen LogP contribution in [0.1, 0.15) is 16.7 Å². The van der Waals surface area contributed by atoms with Crippen molar-refractivity contribution < 1.29 is 33.3 Å². The van der Waals surface area contributed by atoms with Gasteiger partial charge in [-0.05, 0) is 58.9 Å². The lowest BCUT2D eigenvalue weighted by Crippen LogP contribution is -2.54. The van der Waals surface area contributed by atoms with Gasteiger partial charge in [-0.3, -0.25) is 14.9 Å². The van der Waals surface area contributed by atoms with E-state index in [2.05, 4.69) is 27.9 Å². The van der Waals surface area contributed by atoms with Crippen LogP contribution >= 0.6 is 34.2 Å². The molecule has 1 N–H and O–H groups in total. The smallest absolute Gasteiger partial charge is 0.336 e. The third-order valence-corrected chi connectivity index (χ3v) is 6.96. The fourth-order valence-electron chi connectivity index (χ4n) is 3.86. The number of carbonyl (C=O) groups is 3. The molecule has 3 aromatic carbocycles. The van der Waals surface area contributed by atoms with Crippen LogP contribution in [0.2, 0.25) is 5.02 Å². The van der Waals surface area contributed by atoms with E-state index in [1.165, 1.54) is 39.5 Å². The van der Waals surface area contributed by atoms with E-state index in [4.69, 9.17) is 30.5 Å². The van der Waals surface area contributed by atoms with E-state index in [0.717, 1.165) is 16.0 Å². The van der Waals surface area contributed by atoms with Gasteiger partial charge in [-0.25, -0.2) is 9.69 Å². The van der Waals surface area contributed by atoms with Gasteiger partial charge in [0.25, 0.3) is 11.8 Å². The van der Waals surface area contributed by atoms with Gasteiger partial charge in [0, 0.05) is 12.1 Å². The van der Waals surface area contributed by atoms with Crippen LogP contribution in [-0.2, 0) is 16.2 Å². The molecule has 0 radical (unpaired) electrons. The zero-order valence-electron chi connectivity index (χ0n) is 21.5. The summed E-state index contributed by atoms with van der Waals surface area (Å²) in [5, 5.41) is 2.42. The lowest BCUT2D eigenvalue weighted by atomic mass is 10.1. The zero-order valence-corrected chi connectivity index (χ0v) is 24.4. The summed E-state index contributed by atoms with van der Waals surface area (Å²) in [5.41, 5.74) is 2.43. The lowest BCUT2D eigenvalue weighted by Gasteiger charge is -2.28. The van der Waals surface area contributed by atoms with E-state index < -0.39 is 17.8 Å². The molecule has 1 aliphatic rings. The lowest BCUT2D eigenvalue weighted by molar-refractivity contribution is -0.122. The summed E-state index contributed by atoms with van der Waals surface area (Å²) in [4.78, 5) is 39.8. The molecule has 4 rings (SSSR count). The molecule has 1 saturated heterocycles. The van der Waals surface area contributed by atoms with E-state index in [9.17, 15) is 14.4 Å². The van der Waals surface area contributed by atoms with Gasteiger partial charge in [0.05, 0.1) is 35.6 Å². The number of carbonyl (C=O) groups excluding carboxylic acids is 3. The molecule has 9 nitrogen and oxygen atoms in total. The van der Waals surface area contributed by atoms with E-state index in [-0.39, 0.29) is 27.8 Å². The Morgan fingerprint density at radius 1 is 0.923 bits per heavy atom. The number of hydrogen-bond donors (Lipinski definition) is 1. The van der Waals surface area contributed by atoms with Crippen molar-refractivity contribution in [3.8, 4) is 23.0 Å². The average Bonchev–Trinajstić information content (AvgIpc) is 2.91. The number of amides is 4. The Labute approximate surface area is 243 Å². The molecular formula is C28H24ClIN2O7. The number of rotatable bonds is 8. The van der Waals surface area contributed by atoms with Crippen molar-refractivity contribution in [1.29, 1.82) is 0 Å². The maximum atomic E-state index is 13.5. The standard InChI is InChI=1S/C28H24ClIN2O7/c1-15-5-7-16(8-6-15)14-39-25-20(30)10-17(11-24(25)38-4)9-18-26(33)31-28(35)32(27(18)34)21-13-22(36-2)19(29)12-23(21)37-3/h5-13H,14H2,1-4H3,(H,31,33,35)/b18-9+. The van der Waals surface area contributed by atoms with E-state index in [1.54, 1.807) is 12.1 Å². The third-order valence-electron chi connectivity index (χ3n) is 5.86. The summed E-state index contributed by atoms with van der Waals surface area (Å²) in [6.07, 6.45) is 1.38. The van der Waals surface area contributed by atoms with Gasteiger partial charge in [-0.1, -0.05) is 41.4 Å². The molecule has 0 atom stereocenters. The molecule has 39 heavy (non-hydrogen) atoms. The number of aryl methyl sites for hydroxylation is 1. The molecule has 1 heterocycles. The Hall–Kier alpha value is -3.77. The molecule has 1 aliphatic heterocycles. The van der Waals surface area contributed by atoms with Crippen molar-refractivity contribution in [2.45, 2.75) is 13.5 Å². The fourth-order valence-corrected chi connectivity index (χ4v) is 4.88. The molecule has 4 amide bonds. The number of halogens is 2. The van der Waals surface area contributed by atoms with Crippen LogP contribution in [0.4, 0.5) is 10.5 Å². The number of benzene rings is 3. The number of urea groups is 1. The third kappa shape index (κ3) is 5.96. The topological polar surface area (TPSA) is 103 Å². The number of ether oxygens (including phenoxy) is 4. The van der Waals surface area contributed by atoms with Crippen molar-refractivity contribution >= 4 is 63.8 Å². The van der Waals surface area contributed by atoms with Crippen LogP contribution in [0.5, 0.6) is 23.0 Å². The Morgan fingerprint density at radius 2 is 1.59 bits per heavy atom. The predicted molar refractivity (Wildman–Crippen MR) is 155 cm³/mol. The Morgan fingerprint density at radius 3 is 2.23 bits per heavy atom. The molecular weight excluding hydrogens is 639 g/mol. The molecule has 0 spiro atoms. The maximum Gasteiger partial charge on any atom is 0.336 e. The first kappa shape index (κ1) is 28.2. The highest BCUT2D eigenvalue weighted by molar-refractivity contribution is 14.1. The average molecular weight is 663 g/mol. The minimum atomic E-state index is -0.933. The molecule has 3 aromatic rings. The van der Waals surface area contributed by atoms with Crippen LogP contribution in [0.15, 0.2) is 54.1 Å². The second-order valence-corrected chi connectivity index (χ2v) is 9.99. The maximum absolute atomic E-state index is 13.5. The number of methoxy groups -OCH3 is 3. The quantitative estimate of drug-likeness (QED) is 0.192. The SMILES string of the molecule is COc1cc(N2C(=O)NC(=O)/C(=C\c3cc(I)c(OCc4ccc(C)cc4)c(OC)c3)C2=O)c(OC)cc1Cl. The van der Waals surface area contributed by atoms with Crippen molar-refractivity contribution in [2.24, 2.45) is 0 Å². The van der Waals surface area contributed by atoms with E-state index >= 15 is 0 Å². The van der Waals surface area contributed by atoms with Crippen LogP contribution in [0.3, 0.4) is 0 Å². The number of hydrogen-bond acceptors (Lipinski definition) is 7. The van der Waals surface area contributed by atoms with E-state index in [0.29, 0.717) is 27.2 Å². The normalized spacial score (nSPS) is 14.4. The summed E-state index contributed by atoms with van der Waals surface area (Å²) < 4.78 is 22.8. The molecule has 202 valence electrons. The van der Waals surface area contributed by atoms with Gasteiger partial charge in [0.15, 0.2) is 11.5 Å². The van der Waals surface area contributed by atoms with Crippen LogP contribution in [-0.4, -0.2) is 39.2 Å². The highest BCUT2D eigenvalue weighted by atomic mass is 127. The number of nitrogens with one attached hydrogen (secondary N) is 1. The second kappa shape index (κ2) is 12.0. The van der Waals surface area contributed by atoms with Gasteiger partial charge in [-0.15, -0.1) is 0 Å². The number of imide groups is 2. The Kier molecular flexibility index (Phi) is 8.66. The van der Waals surface area contributed by atoms with Crippen LogP contribution in [0.25, 0.3) is 6.08 Å². The molecule has 11 heteroatoms. The number of anilines is 1. The monoisotopic (exact) mass is 662 g/mol. The summed E-state index contributed by atoms with van der Waals surface area (Å²) in [6, 6.07) is 13.2. The highest BCUT2D eigenvalue weighted by Gasteiger charge is 2.38. The Balaban J connectivity index is 1.68. The van der Waals surface area contributed by atoms with Crippen molar-refractivity contribution in [1.82, 2.24) is 5.32 Å². The number of nitrogens with zero attached hydrogens (tertiary/aromatic N) is 1. The molecule has 0 aliphatic carbocycles. The largest absolute Gasteiger partial charge is 0.495 e. The van der Waals surface area contributed by atoms with Gasteiger partial charge in [-0.2, -0.15) is 0 Å². The summed E-state index contributed by atoms with van der Waals surface area (Å²) in [5.74, 6) is -0.383. The van der Waals surface area contributed by atoms with Crippen molar-refractivity contribution in [3.63, 3.8) is 0 Å². The summed E-state index contributed by atoms with van der Waals surface area (Å²) >= 11 is 8.27. The molecule has 0 saturated carbocycles. The predicted octanol–water partition coefficient (Wildman–Crippen LogP) is 5.52. The minimum absolute atomic E-state index is 0.0617. The van der Waals surface area contributed by atoms with Crippen molar-refractivity contribution in [2.75, 3.05) is 26.2 Å². The number of barbiturate groups is 1. The van der Waals surface area contributed by atoms with Gasteiger partial charge >= 0.3 is 6.03 Å². The van der Waals surface area contributed by atoms with Gasteiger partial charge < -0.3 is 18.9 Å². The van der Waals surface area contributed by atoms with Gasteiger partial charge in [0.1, 0.15) is 23.7 Å². The first-order valence-corrected chi connectivity index (χ1v) is 13.0. The molecule has 0 bridgehead atoms. The molecule has 1 fully saturated rings. The summed E-state index contributed by atoms with van der Waals surface area (Å²) in [6.45, 7) is 2.34. The first-order chi connectivity index (χ1) is 18.7. The fraction of sp³-hybridized carbons (Fsp3) is 0.179. The summed E-state index contributed by atoms with van der Waals surface area (Å²) in [7, 11) is 4.26. The first-order valence-electron chi connectivity index (χ1n) is 11.6. The Bertz CT molecular complexity index is 1490. The molecule has 0 aromatic heterocycles. The molecule has 0 unspecified atom stereocenters. The zero-order chi connectivity index (χ0) is 28.3. The van der Waals surface area contributed by atoms with Gasteiger partial charge in [0.2, 0.25) is 0 Å².